The number of aromatic nitrogens is 2. The third-order valence-corrected chi connectivity index (χ3v) is 3.94. The maximum Gasteiger partial charge on any atom is 0.258 e. The maximum absolute atomic E-state index is 12.6. The summed E-state index contributed by atoms with van der Waals surface area (Å²) in [6, 6.07) is 7.26. The van der Waals surface area contributed by atoms with Gasteiger partial charge in [-0.05, 0) is 6.07 Å². The van der Waals surface area contributed by atoms with Gasteiger partial charge in [0.1, 0.15) is 10.8 Å². The van der Waals surface area contributed by atoms with Gasteiger partial charge in [0.15, 0.2) is 0 Å². The number of rotatable bonds is 3. The van der Waals surface area contributed by atoms with E-state index in [9.17, 15) is 9.90 Å². The number of para-hydroxylation sites is 1. The summed E-state index contributed by atoms with van der Waals surface area (Å²) in [5, 5.41) is 13.4. The molecule has 0 saturated carbocycles. The highest BCUT2D eigenvalue weighted by Crippen LogP contribution is 2.26. The topological polar surface area (TPSA) is 66.3 Å². The Morgan fingerprint density at radius 3 is 2.90 bits per heavy atom. The Hall–Kier alpha value is -2.47. The summed E-state index contributed by atoms with van der Waals surface area (Å²) in [5.41, 5.74) is 0.959. The molecule has 3 rings (SSSR count). The molecule has 6 heteroatoms. The van der Waals surface area contributed by atoms with E-state index in [0.29, 0.717) is 17.4 Å². The Morgan fingerprint density at radius 1 is 1.33 bits per heavy atom. The molecule has 0 aliphatic carbocycles. The van der Waals surface area contributed by atoms with Gasteiger partial charge in [-0.15, -0.1) is 11.3 Å². The molecular formula is C15H13N3O2S. The maximum atomic E-state index is 12.6. The van der Waals surface area contributed by atoms with Gasteiger partial charge in [0.2, 0.25) is 0 Å². The molecule has 0 saturated heterocycles. The van der Waals surface area contributed by atoms with Crippen LogP contribution in [0.1, 0.15) is 15.4 Å². The number of thiazole rings is 1. The predicted molar refractivity (Wildman–Crippen MR) is 81.3 cm³/mol. The fourth-order valence-electron chi connectivity index (χ4n) is 2.15. The van der Waals surface area contributed by atoms with Gasteiger partial charge in [0.25, 0.3) is 5.91 Å². The van der Waals surface area contributed by atoms with Crippen molar-refractivity contribution in [2.45, 2.75) is 6.54 Å². The van der Waals surface area contributed by atoms with E-state index in [0.717, 1.165) is 5.01 Å². The van der Waals surface area contributed by atoms with Crippen LogP contribution in [0.3, 0.4) is 0 Å². The molecule has 0 atom stereocenters. The van der Waals surface area contributed by atoms with Gasteiger partial charge < -0.3 is 10.0 Å². The number of carbonyl (C=O) groups excluding carboxylic acids is 1. The van der Waals surface area contributed by atoms with Crippen LogP contribution < -0.4 is 0 Å². The fourth-order valence-corrected chi connectivity index (χ4v) is 2.82. The van der Waals surface area contributed by atoms with E-state index < -0.39 is 0 Å². The first kappa shape index (κ1) is 13.5. The van der Waals surface area contributed by atoms with Gasteiger partial charge in [0.05, 0.1) is 23.8 Å². The Kier molecular flexibility index (Phi) is 3.53. The highest BCUT2D eigenvalue weighted by atomic mass is 32.1. The van der Waals surface area contributed by atoms with Crippen LogP contribution in [0.2, 0.25) is 0 Å². The van der Waals surface area contributed by atoms with E-state index >= 15 is 0 Å². The molecule has 0 aliphatic rings. The third kappa shape index (κ3) is 2.57. The highest BCUT2D eigenvalue weighted by molar-refractivity contribution is 7.09. The standard InChI is InChI=1S/C15H13N3O2S/c1-18(9-13-16-6-7-21-13)15(20)14-10-4-2-3-5-11(10)17-8-12(14)19/h2-8,19H,9H2,1H3. The molecule has 0 aliphatic heterocycles. The SMILES string of the molecule is CN(Cc1nccs1)C(=O)c1c(O)cnc2ccccc12. The lowest BCUT2D eigenvalue weighted by Gasteiger charge is -2.17. The first-order valence-electron chi connectivity index (χ1n) is 6.37. The van der Waals surface area contributed by atoms with Gasteiger partial charge in [-0.1, -0.05) is 18.2 Å². The average molecular weight is 299 g/mol. The zero-order valence-corrected chi connectivity index (χ0v) is 12.2. The van der Waals surface area contributed by atoms with E-state index in [1.807, 2.05) is 23.6 Å². The summed E-state index contributed by atoms with van der Waals surface area (Å²) in [6.07, 6.45) is 3.02. The summed E-state index contributed by atoms with van der Waals surface area (Å²) in [6.45, 7) is 0.409. The van der Waals surface area contributed by atoms with Crippen LogP contribution in [0, 0.1) is 0 Å². The minimum atomic E-state index is -0.249. The number of benzene rings is 1. The molecule has 21 heavy (non-hydrogen) atoms. The predicted octanol–water partition coefficient (Wildman–Crippen LogP) is 2.67. The van der Waals surface area contributed by atoms with E-state index in [1.54, 1.807) is 24.2 Å². The third-order valence-electron chi connectivity index (χ3n) is 3.17. The fraction of sp³-hybridized carbons (Fsp3) is 0.133. The van der Waals surface area contributed by atoms with Crippen LogP contribution >= 0.6 is 11.3 Å². The Labute approximate surface area is 125 Å². The second kappa shape index (κ2) is 5.49. The van der Waals surface area contributed by atoms with Crippen molar-refractivity contribution in [3.63, 3.8) is 0 Å². The van der Waals surface area contributed by atoms with E-state index in [1.165, 1.54) is 17.5 Å². The minimum absolute atomic E-state index is 0.107. The number of hydrogen-bond acceptors (Lipinski definition) is 5. The summed E-state index contributed by atoms with van der Waals surface area (Å²) in [4.78, 5) is 22.5. The molecule has 2 heterocycles. The molecule has 0 radical (unpaired) electrons. The second-order valence-corrected chi connectivity index (χ2v) is 5.60. The average Bonchev–Trinajstić information content (AvgIpc) is 2.99. The smallest absolute Gasteiger partial charge is 0.258 e. The number of carbonyl (C=O) groups is 1. The van der Waals surface area contributed by atoms with E-state index in [-0.39, 0.29) is 17.2 Å². The monoisotopic (exact) mass is 299 g/mol. The molecule has 0 fully saturated rings. The Balaban J connectivity index is 1.99. The lowest BCUT2D eigenvalue weighted by atomic mass is 10.1. The quantitative estimate of drug-likeness (QED) is 0.807. The van der Waals surface area contributed by atoms with Crippen molar-refractivity contribution in [1.82, 2.24) is 14.9 Å². The van der Waals surface area contributed by atoms with Crippen molar-refractivity contribution in [2.24, 2.45) is 0 Å². The van der Waals surface area contributed by atoms with Crippen molar-refractivity contribution < 1.29 is 9.90 Å². The number of hydrogen-bond donors (Lipinski definition) is 1. The molecule has 1 aromatic carbocycles. The Bertz CT molecular complexity index is 787. The summed E-state index contributed by atoms with van der Waals surface area (Å²) in [5.74, 6) is -0.356. The van der Waals surface area contributed by atoms with Gasteiger partial charge >= 0.3 is 0 Å². The van der Waals surface area contributed by atoms with Gasteiger partial charge in [-0.25, -0.2) is 4.98 Å². The van der Waals surface area contributed by atoms with Crippen LogP contribution in [0.4, 0.5) is 0 Å². The van der Waals surface area contributed by atoms with Crippen molar-refractivity contribution in [2.75, 3.05) is 7.05 Å². The molecule has 2 aromatic heterocycles. The Morgan fingerprint density at radius 2 is 2.14 bits per heavy atom. The molecule has 3 aromatic rings. The molecule has 0 unspecified atom stereocenters. The molecule has 0 bridgehead atoms. The van der Waals surface area contributed by atoms with Crippen LogP contribution in [-0.4, -0.2) is 32.9 Å². The highest BCUT2D eigenvalue weighted by Gasteiger charge is 2.20. The first-order valence-corrected chi connectivity index (χ1v) is 7.25. The molecule has 1 amide bonds. The van der Waals surface area contributed by atoms with Crippen LogP contribution in [0.25, 0.3) is 10.9 Å². The number of fused-ring (bicyclic) bond motifs is 1. The molecule has 5 nitrogen and oxygen atoms in total. The second-order valence-electron chi connectivity index (χ2n) is 4.62. The number of nitrogens with zero attached hydrogens (tertiary/aromatic N) is 3. The zero-order chi connectivity index (χ0) is 14.8. The van der Waals surface area contributed by atoms with Crippen LogP contribution in [-0.2, 0) is 6.54 Å². The van der Waals surface area contributed by atoms with Gasteiger partial charge in [0, 0.05) is 24.0 Å². The van der Waals surface area contributed by atoms with E-state index in [4.69, 9.17) is 0 Å². The number of amides is 1. The lowest BCUT2D eigenvalue weighted by molar-refractivity contribution is 0.0784. The summed E-state index contributed by atoms with van der Waals surface area (Å²) >= 11 is 1.49. The number of pyridine rings is 1. The van der Waals surface area contributed by atoms with Crippen molar-refractivity contribution >= 4 is 28.1 Å². The van der Waals surface area contributed by atoms with E-state index in [2.05, 4.69) is 9.97 Å². The number of aromatic hydroxyl groups is 1. The van der Waals surface area contributed by atoms with Crippen molar-refractivity contribution in [3.05, 3.63) is 52.6 Å². The zero-order valence-electron chi connectivity index (χ0n) is 11.4. The molecule has 106 valence electrons. The molecule has 0 spiro atoms. The minimum Gasteiger partial charge on any atom is -0.505 e. The normalized spacial score (nSPS) is 10.7. The van der Waals surface area contributed by atoms with Crippen molar-refractivity contribution in [3.8, 4) is 5.75 Å². The van der Waals surface area contributed by atoms with Gasteiger partial charge in [-0.2, -0.15) is 0 Å². The summed E-state index contributed by atoms with van der Waals surface area (Å²) in [7, 11) is 1.69. The van der Waals surface area contributed by atoms with Crippen LogP contribution in [0.5, 0.6) is 5.75 Å². The van der Waals surface area contributed by atoms with Crippen molar-refractivity contribution in [1.29, 1.82) is 0 Å². The molecule has 1 N–H and O–H groups in total. The first-order chi connectivity index (χ1) is 10.2. The lowest BCUT2D eigenvalue weighted by Crippen LogP contribution is -2.26. The molecular weight excluding hydrogens is 286 g/mol. The summed E-state index contributed by atoms with van der Waals surface area (Å²) < 4.78 is 0. The van der Waals surface area contributed by atoms with Gasteiger partial charge in [-0.3, -0.25) is 9.78 Å². The van der Waals surface area contributed by atoms with Crippen LogP contribution in [0.15, 0.2) is 42.0 Å². The largest absolute Gasteiger partial charge is 0.505 e.